The molecule has 264 valence electrons. The first-order valence-electron chi connectivity index (χ1n) is 15.0. The summed E-state index contributed by atoms with van der Waals surface area (Å²) >= 11 is 0. The molecule has 0 aromatic heterocycles. The second kappa shape index (κ2) is 14.1. The minimum absolute atomic E-state index is 0.284. The van der Waals surface area contributed by atoms with Gasteiger partial charge in [-0.1, -0.05) is 71.1 Å². The van der Waals surface area contributed by atoms with Crippen molar-refractivity contribution in [3.05, 3.63) is 0 Å². The third kappa shape index (κ3) is 7.95. The van der Waals surface area contributed by atoms with Crippen molar-refractivity contribution in [2.45, 2.75) is 111 Å². The van der Waals surface area contributed by atoms with Gasteiger partial charge in [0.1, 0.15) is 0 Å². The number of piperidine rings is 1. The fraction of sp³-hybridized carbons (Fsp3) is 0.923. The van der Waals surface area contributed by atoms with Gasteiger partial charge in [0.15, 0.2) is 39.3 Å². The van der Waals surface area contributed by atoms with Crippen molar-refractivity contribution in [3.8, 4) is 0 Å². The summed E-state index contributed by atoms with van der Waals surface area (Å²) in [5.41, 5.74) is 0. The zero-order valence-corrected chi connectivity index (χ0v) is 31.0. The van der Waals surface area contributed by atoms with Gasteiger partial charge in [-0.2, -0.15) is 0 Å². The van der Waals surface area contributed by atoms with E-state index >= 15 is 0 Å². The van der Waals surface area contributed by atoms with Crippen molar-refractivity contribution >= 4 is 61.2 Å². The Labute approximate surface area is 269 Å². The number of likely N-dealkylation sites (tertiary alicyclic amines) is 1. The van der Waals surface area contributed by atoms with E-state index in [1.54, 1.807) is 0 Å². The van der Waals surface area contributed by atoms with E-state index < -0.39 is 98.7 Å². The lowest BCUT2D eigenvalue weighted by Crippen LogP contribution is -2.78. The summed E-state index contributed by atoms with van der Waals surface area (Å²) in [7, 11) is -26.2. The molecule has 0 aliphatic carbocycles. The van der Waals surface area contributed by atoms with Gasteiger partial charge >= 0.3 is 0 Å². The molecule has 2 aliphatic heterocycles. The fourth-order valence-electron chi connectivity index (χ4n) is 6.74. The molecule has 2 rings (SSSR count). The number of amides is 2. The Hall–Kier alpha value is -1.15. The molecule has 2 fully saturated rings. The third-order valence-corrected chi connectivity index (χ3v) is 20.2. The number of imide groups is 1. The molecule has 0 radical (unpaired) electrons. The summed E-state index contributed by atoms with van der Waals surface area (Å²) < 4.78 is 126. The van der Waals surface area contributed by atoms with Crippen LogP contribution in [0.3, 0.4) is 0 Å². The Kier molecular flexibility index (Phi) is 12.6. The molecule has 0 spiro atoms. The molecule has 2 aliphatic rings. The van der Waals surface area contributed by atoms with Crippen LogP contribution in [0.1, 0.15) is 96.8 Å². The molecule has 1 atom stereocenters. The molecule has 19 heteroatoms. The molecule has 45 heavy (non-hydrogen) atoms. The van der Waals surface area contributed by atoms with Gasteiger partial charge in [0.05, 0.1) is 6.26 Å². The van der Waals surface area contributed by atoms with E-state index in [0.29, 0.717) is 42.6 Å². The highest BCUT2D eigenvalue weighted by Crippen LogP contribution is 2.52. The molecule has 0 aromatic carbocycles. The third-order valence-electron chi connectivity index (χ3n) is 8.80. The Morgan fingerprint density at radius 2 is 0.956 bits per heavy atom. The number of hydrogen-bond donors (Lipinski definition) is 0. The normalized spacial score (nSPS) is 22.3. The van der Waals surface area contributed by atoms with Crippen LogP contribution in [-0.4, -0.2) is 109 Å². The van der Waals surface area contributed by atoms with Crippen LogP contribution in [0.25, 0.3) is 0 Å². The lowest BCUT2D eigenvalue weighted by molar-refractivity contribution is -0.143. The largest absolute Gasteiger partial charge is 0.279 e. The van der Waals surface area contributed by atoms with Gasteiger partial charge in [0.25, 0.3) is 0 Å². The Bertz CT molecular complexity index is 1530. The predicted molar refractivity (Wildman–Crippen MR) is 171 cm³/mol. The maximum absolute atomic E-state index is 13.6. The molecular weight excluding hydrogens is 693 g/mol. The molecule has 14 nitrogen and oxygen atoms in total. The summed E-state index contributed by atoms with van der Waals surface area (Å²) in [5, 5.41) is 0. The number of hydrogen-bond acceptors (Lipinski definition) is 12. The number of sulfonamides is 1. The Balaban J connectivity index is 2.52. The highest BCUT2D eigenvalue weighted by molar-refractivity contribution is 8.12. The molecule has 2 saturated heterocycles. The van der Waals surface area contributed by atoms with E-state index in [1.165, 1.54) is 25.7 Å². The lowest BCUT2D eigenvalue weighted by Gasteiger charge is -2.54. The number of carbonyl (C=O) groups excluding carboxylic acids is 2. The van der Waals surface area contributed by atoms with Gasteiger partial charge in [-0.25, -0.2) is 42.1 Å². The van der Waals surface area contributed by atoms with Crippen LogP contribution in [0, 0.1) is 5.92 Å². The maximum Gasteiger partial charge on any atom is 0.242 e. The topological polar surface area (TPSA) is 211 Å². The maximum atomic E-state index is 13.6. The van der Waals surface area contributed by atoms with Crippen molar-refractivity contribution in [1.29, 1.82) is 0 Å². The Morgan fingerprint density at radius 1 is 0.600 bits per heavy atom. The second-order valence-corrected chi connectivity index (χ2v) is 23.8. The van der Waals surface area contributed by atoms with Crippen LogP contribution in [0.4, 0.5) is 0 Å². The predicted octanol–water partition coefficient (Wildman–Crippen LogP) is 1.58. The monoisotopic (exact) mass is 740 g/mol. The molecule has 0 N–H and O–H groups in total. The molecule has 2 heterocycles. The van der Waals surface area contributed by atoms with Gasteiger partial charge in [-0.05, 0) is 6.42 Å². The SMILES string of the molecule is CCCCCCCCCCCCC1CC(=O)N(C2CC(S(C)(=O)=O)(S(C)(=O)=O)N(S(C)(=O)=O)C(S(C)(=O)=O)(S(C)(=O)=O)C2)C1=O. The zero-order valence-electron chi connectivity index (χ0n) is 26.9. The summed E-state index contributed by atoms with van der Waals surface area (Å²) in [6, 6.07) is -1.89. The van der Waals surface area contributed by atoms with E-state index in [1.807, 2.05) is 0 Å². The van der Waals surface area contributed by atoms with Crippen molar-refractivity contribution in [3.63, 3.8) is 0 Å². The summed E-state index contributed by atoms with van der Waals surface area (Å²) in [4.78, 5) is 27.4. The molecular formula is C26H48N2O12S5. The van der Waals surface area contributed by atoms with Crippen LogP contribution in [0.15, 0.2) is 0 Å². The smallest absolute Gasteiger partial charge is 0.242 e. The number of rotatable bonds is 17. The van der Waals surface area contributed by atoms with Gasteiger partial charge in [-0.15, -0.1) is 4.31 Å². The first kappa shape index (κ1) is 40.0. The van der Waals surface area contributed by atoms with E-state index in [4.69, 9.17) is 0 Å². The molecule has 0 bridgehead atoms. The number of unbranched alkanes of at least 4 members (excludes halogenated alkanes) is 9. The van der Waals surface area contributed by atoms with Gasteiger partial charge in [0.2, 0.25) is 30.2 Å². The average molecular weight is 741 g/mol. The molecule has 2 amide bonds. The molecule has 0 aromatic rings. The first-order valence-corrected chi connectivity index (χ1v) is 24.4. The van der Waals surface area contributed by atoms with E-state index in [2.05, 4.69) is 6.92 Å². The van der Waals surface area contributed by atoms with E-state index in [9.17, 15) is 51.7 Å². The second-order valence-electron chi connectivity index (χ2n) is 12.6. The van der Waals surface area contributed by atoms with Crippen molar-refractivity contribution in [1.82, 2.24) is 9.21 Å². The average Bonchev–Trinajstić information content (AvgIpc) is 3.13. The highest BCUT2D eigenvalue weighted by Gasteiger charge is 2.76. The molecule has 1 unspecified atom stereocenters. The van der Waals surface area contributed by atoms with E-state index in [-0.39, 0.29) is 12.8 Å². The van der Waals surface area contributed by atoms with Crippen molar-refractivity contribution in [2.75, 3.05) is 31.3 Å². The zero-order chi connectivity index (χ0) is 34.9. The van der Waals surface area contributed by atoms with Crippen molar-refractivity contribution < 1.29 is 51.7 Å². The number of sulfone groups is 4. The van der Waals surface area contributed by atoms with Crippen LogP contribution in [-0.2, 0) is 59.0 Å². The van der Waals surface area contributed by atoms with Crippen LogP contribution < -0.4 is 0 Å². The quantitative estimate of drug-likeness (QED) is 0.154. The minimum atomic E-state index is -5.26. The minimum Gasteiger partial charge on any atom is -0.279 e. The van der Waals surface area contributed by atoms with Crippen LogP contribution >= 0.6 is 0 Å². The summed E-state index contributed by atoms with van der Waals surface area (Å²) in [6.07, 6.45) is 9.43. The molecule has 0 saturated carbocycles. The van der Waals surface area contributed by atoms with Gasteiger partial charge < -0.3 is 0 Å². The summed E-state index contributed by atoms with van der Waals surface area (Å²) in [5.74, 6) is -2.54. The first-order chi connectivity index (χ1) is 20.3. The van der Waals surface area contributed by atoms with Gasteiger partial charge in [0, 0.05) is 56.2 Å². The van der Waals surface area contributed by atoms with Crippen molar-refractivity contribution in [2.24, 2.45) is 5.92 Å². The van der Waals surface area contributed by atoms with E-state index in [0.717, 1.165) is 32.1 Å². The lowest BCUT2D eigenvalue weighted by atomic mass is 9.98. The number of nitrogens with zero attached hydrogens (tertiary/aromatic N) is 2. The standard InChI is InChI=1S/C26H48N2O12S5/c1-7-8-9-10-11-12-13-14-15-16-17-21-18-23(29)27(24(21)30)22-19-25(41(2,31)32,42(3,33)34)28(45(6,39)40)26(20-22,43(4,35)36)44(5,37)38/h21-22H,7-20H2,1-6H3. The summed E-state index contributed by atoms with van der Waals surface area (Å²) in [6.45, 7) is 2.15. The van der Waals surface area contributed by atoms with Gasteiger partial charge in [-0.3, -0.25) is 14.5 Å². The Morgan fingerprint density at radius 3 is 1.29 bits per heavy atom. The fourth-order valence-corrected chi connectivity index (χ4v) is 19.6. The van der Waals surface area contributed by atoms with Crippen LogP contribution in [0.5, 0.6) is 0 Å². The van der Waals surface area contributed by atoms with Crippen LogP contribution in [0.2, 0.25) is 0 Å². The highest BCUT2D eigenvalue weighted by atomic mass is 32.3. The number of carbonyl (C=O) groups is 2.